The first-order chi connectivity index (χ1) is 8.33. The number of carbonyl (C=O) groups is 1. The number of carboxylic acid groups (broad SMARTS) is 1. The Labute approximate surface area is 102 Å². The molecule has 1 rings (SSSR count). The van der Waals surface area contributed by atoms with Gasteiger partial charge < -0.3 is 10.0 Å². The van der Waals surface area contributed by atoms with Gasteiger partial charge in [-0.1, -0.05) is 6.92 Å². The van der Waals surface area contributed by atoms with Crippen molar-refractivity contribution in [3.63, 3.8) is 0 Å². The summed E-state index contributed by atoms with van der Waals surface area (Å²) < 4.78 is 37.2. The third-order valence-corrected chi connectivity index (χ3v) is 2.18. The summed E-state index contributed by atoms with van der Waals surface area (Å²) in [6, 6.07) is 2.38. The van der Waals surface area contributed by atoms with E-state index in [4.69, 9.17) is 5.11 Å². The molecule has 1 N–H and O–H groups in total. The molecule has 0 saturated carbocycles. The van der Waals surface area contributed by atoms with Crippen molar-refractivity contribution < 1.29 is 23.1 Å². The van der Waals surface area contributed by atoms with Crippen LogP contribution in [0.25, 0.3) is 0 Å². The van der Waals surface area contributed by atoms with Crippen molar-refractivity contribution in [1.82, 2.24) is 4.98 Å². The SMILES string of the molecule is CCCN(CC(F)(F)F)c1cc(C(=O)O)ccn1. The van der Waals surface area contributed by atoms with Crippen molar-refractivity contribution in [2.75, 3.05) is 18.0 Å². The molecule has 0 amide bonds. The van der Waals surface area contributed by atoms with Crippen molar-refractivity contribution in [3.8, 4) is 0 Å². The minimum absolute atomic E-state index is 0.0223. The van der Waals surface area contributed by atoms with Crippen molar-refractivity contribution in [2.45, 2.75) is 19.5 Å². The van der Waals surface area contributed by atoms with Gasteiger partial charge in [0.2, 0.25) is 0 Å². The lowest BCUT2D eigenvalue weighted by Gasteiger charge is -2.24. The van der Waals surface area contributed by atoms with Gasteiger partial charge in [0.15, 0.2) is 0 Å². The van der Waals surface area contributed by atoms with E-state index in [1.807, 2.05) is 0 Å². The van der Waals surface area contributed by atoms with Gasteiger partial charge in [0.1, 0.15) is 12.4 Å². The zero-order valence-corrected chi connectivity index (χ0v) is 9.74. The van der Waals surface area contributed by atoms with Gasteiger partial charge in [-0.2, -0.15) is 13.2 Å². The van der Waals surface area contributed by atoms with E-state index in [2.05, 4.69) is 4.98 Å². The number of carboxylic acids is 1. The van der Waals surface area contributed by atoms with Crippen LogP contribution < -0.4 is 4.90 Å². The fraction of sp³-hybridized carbons (Fsp3) is 0.455. The molecule has 100 valence electrons. The average Bonchev–Trinajstić information content (AvgIpc) is 2.27. The summed E-state index contributed by atoms with van der Waals surface area (Å²) in [4.78, 5) is 15.6. The van der Waals surface area contributed by atoms with E-state index in [1.54, 1.807) is 6.92 Å². The second kappa shape index (κ2) is 5.70. The predicted molar refractivity (Wildman–Crippen MR) is 59.8 cm³/mol. The second-order valence-electron chi connectivity index (χ2n) is 3.74. The third kappa shape index (κ3) is 4.23. The van der Waals surface area contributed by atoms with Crippen LogP contribution in [0.1, 0.15) is 23.7 Å². The van der Waals surface area contributed by atoms with Crippen LogP contribution in [0.4, 0.5) is 19.0 Å². The highest BCUT2D eigenvalue weighted by molar-refractivity contribution is 5.88. The molecule has 0 spiro atoms. The van der Waals surface area contributed by atoms with E-state index >= 15 is 0 Å². The van der Waals surface area contributed by atoms with Gasteiger partial charge in [0.05, 0.1) is 5.56 Å². The monoisotopic (exact) mass is 262 g/mol. The number of hydrogen-bond acceptors (Lipinski definition) is 3. The van der Waals surface area contributed by atoms with E-state index < -0.39 is 18.7 Å². The minimum Gasteiger partial charge on any atom is -0.478 e. The zero-order chi connectivity index (χ0) is 13.8. The van der Waals surface area contributed by atoms with Crippen LogP contribution in [0.5, 0.6) is 0 Å². The highest BCUT2D eigenvalue weighted by Gasteiger charge is 2.31. The Bertz CT molecular complexity index is 421. The summed E-state index contributed by atoms with van der Waals surface area (Å²) in [5.41, 5.74) is -0.0803. The third-order valence-electron chi connectivity index (χ3n) is 2.18. The van der Waals surface area contributed by atoms with Gasteiger partial charge >= 0.3 is 12.1 Å². The van der Waals surface area contributed by atoms with Crippen molar-refractivity contribution >= 4 is 11.8 Å². The van der Waals surface area contributed by atoms with Crippen LogP contribution in [0.3, 0.4) is 0 Å². The molecule has 0 fully saturated rings. The first-order valence-corrected chi connectivity index (χ1v) is 5.34. The molecule has 4 nitrogen and oxygen atoms in total. The van der Waals surface area contributed by atoms with Gasteiger partial charge in [0.25, 0.3) is 0 Å². The summed E-state index contributed by atoms with van der Waals surface area (Å²) in [6.07, 6.45) is -2.65. The number of nitrogens with zero attached hydrogens (tertiary/aromatic N) is 2. The summed E-state index contributed by atoms with van der Waals surface area (Å²) in [7, 11) is 0. The maximum atomic E-state index is 12.4. The highest BCUT2D eigenvalue weighted by Crippen LogP contribution is 2.21. The van der Waals surface area contributed by atoms with Crippen molar-refractivity contribution in [3.05, 3.63) is 23.9 Å². The number of aromatic nitrogens is 1. The van der Waals surface area contributed by atoms with Crippen LogP contribution >= 0.6 is 0 Å². The molecule has 0 aliphatic rings. The summed E-state index contributed by atoms with van der Waals surface area (Å²) in [5.74, 6) is -1.17. The Morgan fingerprint density at radius 2 is 2.17 bits per heavy atom. The molecule has 0 aromatic carbocycles. The molecule has 0 bridgehead atoms. The lowest BCUT2D eigenvalue weighted by molar-refractivity contribution is -0.119. The lowest BCUT2D eigenvalue weighted by atomic mass is 10.2. The number of anilines is 1. The molecule has 7 heteroatoms. The Kier molecular flexibility index (Phi) is 4.52. The smallest absolute Gasteiger partial charge is 0.405 e. The Balaban J connectivity index is 2.98. The number of hydrogen-bond donors (Lipinski definition) is 1. The Morgan fingerprint density at radius 3 is 2.67 bits per heavy atom. The van der Waals surface area contributed by atoms with Crippen LogP contribution in [0.15, 0.2) is 18.3 Å². The molecule has 0 unspecified atom stereocenters. The van der Waals surface area contributed by atoms with Gasteiger partial charge in [-0.25, -0.2) is 9.78 Å². The predicted octanol–water partition coefficient (Wildman–Crippen LogP) is 2.56. The van der Waals surface area contributed by atoms with E-state index in [0.717, 1.165) is 11.0 Å². The highest BCUT2D eigenvalue weighted by atomic mass is 19.4. The average molecular weight is 262 g/mol. The van der Waals surface area contributed by atoms with E-state index in [9.17, 15) is 18.0 Å². The van der Waals surface area contributed by atoms with Crippen molar-refractivity contribution in [2.24, 2.45) is 0 Å². The zero-order valence-electron chi connectivity index (χ0n) is 9.74. The summed E-state index contributed by atoms with van der Waals surface area (Å²) >= 11 is 0. The fourth-order valence-electron chi connectivity index (χ4n) is 1.49. The van der Waals surface area contributed by atoms with Gasteiger partial charge in [-0.3, -0.25) is 0 Å². The number of rotatable bonds is 5. The Hall–Kier alpha value is -1.79. The second-order valence-corrected chi connectivity index (χ2v) is 3.74. The normalized spacial score (nSPS) is 11.3. The standard InChI is InChI=1S/C11H13F3N2O2/c1-2-5-16(7-11(12,13)14)9-6-8(10(17)18)3-4-15-9/h3-4,6H,2,5,7H2,1H3,(H,17,18). The van der Waals surface area contributed by atoms with Crippen LogP contribution in [-0.4, -0.2) is 35.3 Å². The number of alkyl halides is 3. The van der Waals surface area contributed by atoms with Gasteiger partial charge in [0, 0.05) is 12.7 Å². The lowest BCUT2D eigenvalue weighted by Crippen LogP contribution is -2.35. The van der Waals surface area contributed by atoms with Crippen LogP contribution in [-0.2, 0) is 0 Å². The molecule has 0 aliphatic carbocycles. The first-order valence-electron chi connectivity index (χ1n) is 5.34. The summed E-state index contributed by atoms with van der Waals surface area (Å²) in [6.45, 7) is 0.761. The maximum absolute atomic E-state index is 12.4. The molecule has 0 atom stereocenters. The fourth-order valence-corrected chi connectivity index (χ4v) is 1.49. The molecular weight excluding hydrogens is 249 g/mol. The minimum atomic E-state index is -4.35. The molecule has 0 aliphatic heterocycles. The van der Waals surface area contributed by atoms with E-state index in [1.165, 1.54) is 12.3 Å². The van der Waals surface area contributed by atoms with E-state index in [0.29, 0.717) is 6.42 Å². The van der Waals surface area contributed by atoms with Crippen LogP contribution in [0.2, 0.25) is 0 Å². The largest absolute Gasteiger partial charge is 0.478 e. The first kappa shape index (κ1) is 14.3. The topological polar surface area (TPSA) is 53.4 Å². The quantitative estimate of drug-likeness (QED) is 0.886. The Morgan fingerprint density at radius 1 is 1.50 bits per heavy atom. The molecule has 1 aromatic rings. The number of aromatic carboxylic acids is 1. The molecule has 1 heterocycles. The molecule has 0 saturated heterocycles. The number of halogens is 3. The molecule has 0 radical (unpaired) electrons. The van der Waals surface area contributed by atoms with E-state index in [-0.39, 0.29) is 17.9 Å². The number of pyridine rings is 1. The molecule has 18 heavy (non-hydrogen) atoms. The van der Waals surface area contributed by atoms with Crippen molar-refractivity contribution in [1.29, 1.82) is 0 Å². The van der Waals surface area contributed by atoms with Gasteiger partial charge in [-0.05, 0) is 18.6 Å². The van der Waals surface area contributed by atoms with Gasteiger partial charge in [-0.15, -0.1) is 0 Å². The molecular formula is C11H13F3N2O2. The maximum Gasteiger partial charge on any atom is 0.405 e. The van der Waals surface area contributed by atoms with Crippen LogP contribution in [0, 0.1) is 0 Å². The summed E-state index contributed by atoms with van der Waals surface area (Å²) in [5, 5.41) is 8.78. The molecule has 1 aromatic heterocycles.